The van der Waals surface area contributed by atoms with Gasteiger partial charge < -0.3 is 10.0 Å². The van der Waals surface area contributed by atoms with Crippen LogP contribution in [0, 0.1) is 0 Å². The van der Waals surface area contributed by atoms with E-state index in [0.29, 0.717) is 6.54 Å². The van der Waals surface area contributed by atoms with E-state index in [1.54, 1.807) is 23.2 Å². The Labute approximate surface area is 135 Å². The van der Waals surface area contributed by atoms with Crippen LogP contribution in [-0.2, 0) is 17.8 Å². The molecule has 2 aromatic rings. The molecule has 0 bridgehead atoms. The Kier molecular flexibility index (Phi) is 4.57. The van der Waals surface area contributed by atoms with Crippen molar-refractivity contribution in [2.24, 2.45) is 0 Å². The summed E-state index contributed by atoms with van der Waals surface area (Å²) in [5, 5.41) is 13.9. The van der Waals surface area contributed by atoms with Crippen molar-refractivity contribution in [2.75, 3.05) is 13.2 Å². The van der Waals surface area contributed by atoms with Gasteiger partial charge in [-0.3, -0.25) is 9.48 Å². The lowest BCUT2D eigenvalue weighted by molar-refractivity contribution is -0.129. The van der Waals surface area contributed by atoms with Crippen LogP contribution in [0.1, 0.15) is 29.8 Å². The molecular formula is C18H21N3O2. The number of fused-ring (bicyclic) bond motifs is 1. The van der Waals surface area contributed by atoms with Crippen LogP contribution >= 0.6 is 0 Å². The zero-order chi connectivity index (χ0) is 16.2. The maximum absolute atomic E-state index is 12.6. The topological polar surface area (TPSA) is 58.4 Å². The van der Waals surface area contributed by atoms with Crippen molar-refractivity contribution in [3.63, 3.8) is 0 Å². The van der Waals surface area contributed by atoms with Crippen molar-refractivity contribution in [1.29, 1.82) is 0 Å². The van der Waals surface area contributed by atoms with Crippen LogP contribution in [0.15, 0.2) is 42.6 Å². The van der Waals surface area contributed by atoms with Gasteiger partial charge in [0.1, 0.15) is 0 Å². The van der Waals surface area contributed by atoms with Gasteiger partial charge in [0, 0.05) is 25.4 Å². The quantitative estimate of drug-likeness (QED) is 0.879. The van der Waals surface area contributed by atoms with Crippen LogP contribution < -0.4 is 0 Å². The van der Waals surface area contributed by atoms with E-state index >= 15 is 0 Å². The molecule has 5 heteroatoms. The molecule has 1 aliphatic heterocycles. The van der Waals surface area contributed by atoms with E-state index in [9.17, 15) is 9.90 Å². The minimum absolute atomic E-state index is 0.0660. The summed E-state index contributed by atoms with van der Waals surface area (Å²) in [4.78, 5) is 14.3. The lowest BCUT2D eigenvalue weighted by Crippen LogP contribution is -2.40. The van der Waals surface area contributed by atoms with Crippen molar-refractivity contribution >= 4 is 12.0 Å². The number of aromatic nitrogens is 2. The van der Waals surface area contributed by atoms with Crippen LogP contribution in [-0.4, -0.2) is 38.8 Å². The first-order valence-electron chi connectivity index (χ1n) is 7.93. The molecule has 1 aromatic heterocycles. The number of hydrogen-bond acceptors (Lipinski definition) is 3. The molecule has 1 aliphatic rings. The molecule has 0 fully saturated rings. The average Bonchev–Trinajstić information content (AvgIpc) is 3.06. The summed E-state index contributed by atoms with van der Waals surface area (Å²) in [7, 11) is 0. The number of aryl methyl sites for hydroxylation is 1. The number of aliphatic hydroxyl groups excluding tert-OH is 1. The van der Waals surface area contributed by atoms with Gasteiger partial charge in [-0.15, -0.1) is 0 Å². The first kappa shape index (κ1) is 15.5. The van der Waals surface area contributed by atoms with E-state index in [4.69, 9.17) is 0 Å². The SMILES string of the molecule is CCn1nccc1C=CC(=O)N1CCc2ccccc2C1CO. The van der Waals surface area contributed by atoms with Crippen LogP contribution in [0.5, 0.6) is 0 Å². The Morgan fingerprint density at radius 3 is 3.00 bits per heavy atom. The van der Waals surface area contributed by atoms with Gasteiger partial charge in [0.05, 0.1) is 18.3 Å². The molecule has 0 saturated heterocycles. The fourth-order valence-corrected chi connectivity index (χ4v) is 3.11. The highest BCUT2D eigenvalue weighted by Gasteiger charge is 2.28. The maximum Gasteiger partial charge on any atom is 0.247 e. The third-order valence-corrected chi connectivity index (χ3v) is 4.31. The molecule has 1 unspecified atom stereocenters. The minimum Gasteiger partial charge on any atom is -0.394 e. The molecule has 3 rings (SSSR count). The number of aliphatic hydroxyl groups is 1. The first-order chi connectivity index (χ1) is 11.2. The normalized spacial score (nSPS) is 17.5. The molecule has 0 aliphatic carbocycles. The number of amides is 1. The molecule has 23 heavy (non-hydrogen) atoms. The second-order valence-electron chi connectivity index (χ2n) is 5.58. The highest BCUT2D eigenvalue weighted by Crippen LogP contribution is 2.29. The van der Waals surface area contributed by atoms with E-state index in [-0.39, 0.29) is 18.6 Å². The maximum atomic E-state index is 12.6. The number of nitrogens with zero attached hydrogens (tertiary/aromatic N) is 3. The fourth-order valence-electron chi connectivity index (χ4n) is 3.11. The van der Waals surface area contributed by atoms with Gasteiger partial charge in [-0.1, -0.05) is 24.3 Å². The predicted octanol–water partition coefficient (Wildman–Crippen LogP) is 2.03. The van der Waals surface area contributed by atoms with Gasteiger partial charge in [-0.05, 0) is 36.6 Å². The van der Waals surface area contributed by atoms with Crippen molar-refractivity contribution in [1.82, 2.24) is 14.7 Å². The van der Waals surface area contributed by atoms with Gasteiger partial charge in [0.15, 0.2) is 0 Å². The van der Waals surface area contributed by atoms with Crippen molar-refractivity contribution in [3.8, 4) is 0 Å². The molecule has 0 spiro atoms. The van der Waals surface area contributed by atoms with E-state index in [2.05, 4.69) is 11.2 Å². The Bertz CT molecular complexity index is 721. The Hall–Kier alpha value is -2.40. The number of rotatable bonds is 4. The summed E-state index contributed by atoms with van der Waals surface area (Å²) in [5.74, 6) is -0.0811. The van der Waals surface area contributed by atoms with Crippen LogP contribution in [0.2, 0.25) is 0 Å². The second-order valence-corrected chi connectivity index (χ2v) is 5.58. The average molecular weight is 311 g/mol. The number of carbonyl (C=O) groups excluding carboxylic acids is 1. The first-order valence-corrected chi connectivity index (χ1v) is 7.93. The molecule has 5 nitrogen and oxygen atoms in total. The highest BCUT2D eigenvalue weighted by molar-refractivity contribution is 5.92. The van der Waals surface area contributed by atoms with Gasteiger partial charge in [0.2, 0.25) is 5.91 Å². The monoisotopic (exact) mass is 311 g/mol. The van der Waals surface area contributed by atoms with Gasteiger partial charge >= 0.3 is 0 Å². The standard InChI is InChI=1S/C18H21N3O2/c1-2-21-15(9-11-19-21)7-8-18(23)20-12-10-14-5-3-4-6-16(14)17(20)13-22/h3-9,11,17,22H,2,10,12-13H2,1H3. The molecule has 1 aromatic carbocycles. The van der Waals surface area contributed by atoms with Crippen LogP contribution in [0.4, 0.5) is 0 Å². The zero-order valence-electron chi connectivity index (χ0n) is 13.2. The summed E-state index contributed by atoms with van der Waals surface area (Å²) in [6.07, 6.45) is 5.90. The van der Waals surface area contributed by atoms with Crippen molar-refractivity contribution in [3.05, 3.63) is 59.4 Å². The largest absolute Gasteiger partial charge is 0.394 e. The Morgan fingerprint density at radius 2 is 2.22 bits per heavy atom. The van der Waals surface area contributed by atoms with Crippen LogP contribution in [0.3, 0.4) is 0 Å². The fraction of sp³-hybridized carbons (Fsp3) is 0.333. The molecule has 1 atom stereocenters. The van der Waals surface area contributed by atoms with Crippen molar-refractivity contribution < 1.29 is 9.90 Å². The zero-order valence-corrected chi connectivity index (χ0v) is 13.2. The third-order valence-electron chi connectivity index (χ3n) is 4.31. The lowest BCUT2D eigenvalue weighted by Gasteiger charge is -2.35. The van der Waals surface area contributed by atoms with E-state index in [1.165, 1.54) is 5.56 Å². The van der Waals surface area contributed by atoms with E-state index in [0.717, 1.165) is 24.2 Å². The lowest BCUT2D eigenvalue weighted by atomic mass is 9.93. The molecule has 0 saturated carbocycles. The predicted molar refractivity (Wildman–Crippen MR) is 88.6 cm³/mol. The Morgan fingerprint density at radius 1 is 1.39 bits per heavy atom. The highest BCUT2D eigenvalue weighted by atomic mass is 16.3. The molecule has 2 heterocycles. The number of carbonyl (C=O) groups is 1. The summed E-state index contributed by atoms with van der Waals surface area (Å²) < 4.78 is 1.83. The van der Waals surface area contributed by atoms with Gasteiger partial charge in [-0.25, -0.2) is 0 Å². The molecule has 0 radical (unpaired) electrons. The molecular weight excluding hydrogens is 290 g/mol. The van der Waals surface area contributed by atoms with E-state index in [1.807, 2.05) is 35.9 Å². The van der Waals surface area contributed by atoms with Gasteiger partial charge in [0.25, 0.3) is 0 Å². The molecule has 120 valence electrons. The third kappa shape index (κ3) is 3.05. The van der Waals surface area contributed by atoms with Crippen LogP contribution in [0.25, 0.3) is 6.08 Å². The molecule has 1 amide bonds. The summed E-state index contributed by atoms with van der Waals surface area (Å²) in [6, 6.07) is 9.61. The number of hydrogen-bond donors (Lipinski definition) is 1. The Balaban J connectivity index is 1.80. The van der Waals surface area contributed by atoms with E-state index < -0.39 is 0 Å². The summed E-state index contributed by atoms with van der Waals surface area (Å²) >= 11 is 0. The minimum atomic E-state index is -0.270. The van der Waals surface area contributed by atoms with Gasteiger partial charge in [-0.2, -0.15) is 5.10 Å². The summed E-state index contributed by atoms with van der Waals surface area (Å²) in [5.41, 5.74) is 3.16. The van der Waals surface area contributed by atoms with Crippen molar-refractivity contribution in [2.45, 2.75) is 25.9 Å². The molecule has 1 N–H and O–H groups in total. The number of benzene rings is 1. The summed E-state index contributed by atoms with van der Waals surface area (Å²) in [6.45, 7) is 3.33. The second kappa shape index (κ2) is 6.79. The smallest absolute Gasteiger partial charge is 0.247 e.